The van der Waals surface area contributed by atoms with Crippen molar-refractivity contribution in [3.8, 4) is 0 Å². The summed E-state index contributed by atoms with van der Waals surface area (Å²) < 4.78 is 5.80. The molecule has 0 radical (unpaired) electrons. The first-order chi connectivity index (χ1) is 13.0. The van der Waals surface area contributed by atoms with Crippen LogP contribution in [-0.4, -0.2) is 28.6 Å². The third-order valence-corrected chi connectivity index (χ3v) is 9.02. The Morgan fingerprint density at radius 3 is 2.39 bits per heavy atom. The third-order valence-electron chi connectivity index (χ3n) is 8.69. The van der Waals surface area contributed by atoms with Crippen molar-refractivity contribution in [1.29, 1.82) is 0 Å². The van der Waals surface area contributed by atoms with Crippen LogP contribution in [0.5, 0.6) is 0 Å². The minimum atomic E-state index is -1.02. The van der Waals surface area contributed by atoms with Crippen LogP contribution < -0.4 is 0 Å². The van der Waals surface area contributed by atoms with Gasteiger partial charge < -0.3 is 9.84 Å². The van der Waals surface area contributed by atoms with Gasteiger partial charge >= 0.3 is 5.97 Å². The molecule has 0 saturated heterocycles. The van der Waals surface area contributed by atoms with E-state index in [1.165, 1.54) is 6.92 Å². The maximum atomic E-state index is 12.8. The average Bonchev–Trinajstić information content (AvgIpc) is 2.90. The molecule has 0 aliphatic heterocycles. The Balaban J connectivity index is 1.78. The van der Waals surface area contributed by atoms with Crippen molar-refractivity contribution in [2.75, 3.05) is 0 Å². The highest BCUT2D eigenvalue weighted by Crippen LogP contribution is 2.68. The molecule has 0 amide bonds. The lowest BCUT2D eigenvalue weighted by Crippen LogP contribution is -2.58. The van der Waals surface area contributed by atoms with Crippen molar-refractivity contribution >= 4 is 23.4 Å². The van der Waals surface area contributed by atoms with E-state index in [-0.39, 0.29) is 34.4 Å². The number of allylic oxidation sites excluding steroid dienone is 3. The quantitative estimate of drug-likeness (QED) is 0.683. The van der Waals surface area contributed by atoms with Crippen LogP contribution in [0.25, 0.3) is 0 Å². The summed E-state index contributed by atoms with van der Waals surface area (Å²) in [5, 5.41) is 10.9. The Bertz CT molecular complexity index is 785. The van der Waals surface area contributed by atoms with Gasteiger partial charge in [-0.1, -0.05) is 37.6 Å². The second-order valence-corrected chi connectivity index (χ2v) is 10.3. The molecule has 4 nitrogen and oxygen atoms in total. The molecule has 5 heteroatoms. The van der Waals surface area contributed by atoms with Gasteiger partial charge in [0.05, 0.1) is 6.10 Å². The summed E-state index contributed by atoms with van der Waals surface area (Å²) in [5.74, 6) is 0.542. The predicted octanol–water partition coefficient (Wildman–Crippen LogP) is 4.54. The fourth-order valence-corrected chi connectivity index (χ4v) is 7.70. The van der Waals surface area contributed by atoms with Crippen LogP contribution in [-0.2, 0) is 14.3 Å². The first kappa shape index (κ1) is 20.2. The molecule has 7 atom stereocenters. The monoisotopic (exact) mass is 406 g/mol. The van der Waals surface area contributed by atoms with E-state index in [1.54, 1.807) is 6.92 Å². The Morgan fingerprint density at radius 1 is 1.07 bits per heavy atom. The molecule has 1 N–H and O–H groups in total. The van der Waals surface area contributed by atoms with Gasteiger partial charge in [0.15, 0.2) is 11.4 Å². The summed E-state index contributed by atoms with van der Waals surface area (Å²) in [6, 6.07) is 0. The summed E-state index contributed by atoms with van der Waals surface area (Å²) in [5.41, 5.74) is -0.340. The number of ketones is 1. The predicted molar refractivity (Wildman–Crippen MR) is 108 cm³/mol. The molecule has 0 bridgehead atoms. The standard InChI is InChI=1S/C23H31ClO4/c1-13(25)23(28-14(2)26)10-7-18-16-12-20(24)19-11-15(27)5-8-21(19,3)17(16)6-9-22(18,23)4/h11-12,15-18,27H,5-10H2,1-4H3/t15-,16?,17?,18?,21+,22-,23-/m0/s1. The molecule has 0 aromatic heterocycles. The topological polar surface area (TPSA) is 63.6 Å². The van der Waals surface area contributed by atoms with Crippen LogP contribution in [0.1, 0.15) is 66.2 Å². The normalized spacial score (nSPS) is 47.2. The summed E-state index contributed by atoms with van der Waals surface area (Å²) in [6.45, 7) is 7.40. The Kier molecular flexibility index (Phi) is 4.63. The van der Waals surface area contributed by atoms with Crippen LogP contribution in [0, 0.1) is 28.6 Å². The summed E-state index contributed by atoms with van der Waals surface area (Å²) >= 11 is 6.75. The summed E-state index contributed by atoms with van der Waals surface area (Å²) in [4.78, 5) is 24.7. The molecule has 28 heavy (non-hydrogen) atoms. The lowest BCUT2D eigenvalue weighted by atomic mass is 9.48. The molecular weight excluding hydrogens is 376 g/mol. The molecule has 2 fully saturated rings. The summed E-state index contributed by atoms with van der Waals surface area (Å²) in [6.07, 6.45) is 8.68. The number of ether oxygens (including phenoxy) is 1. The third kappa shape index (κ3) is 2.53. The lowest BCUT2D eigenvalue weighted by Gasteiger charge is -2.58. The number of hydrogen-bond donors (Lipinski definition) is 1. The van der Waals surface area contributed by atoms with E-state index in [9.17, 15) is 14.7 Å². The van der Waals surface area contributed by atoms with Crippen LogP contribution in [0.15, 0.2) is 22.8 Å². The Hall–Kier alpha value is -1.13. The zero-order valence-corrected chi connectivity index (χ0v) is 18.0. The van der Waals surface area contributed by atoms with Gasteiger partial charge in [-0.15, -0.1) is 0 Å². The second kappa shape index (κ2) is 6.43. The van der Waals surface area contributed by atoms with E-state index in [2.05, 4.69) is 19.9 Å². The zero-order chi connectivity index (χ0) is 20.5. The number of aliphatic hydroxyl groups is 1. The van der Waals surface area contributed by atoms with Gasteiger partial charge in [-0.2, -0.15) is 0 Å². The van der Waals surface area contributed by atoms with E-state index in [1.807, 2.05) is 6.08 Å². The van der Waals surface area contributed by atoms with E-state index < -0.39 is 11.7 Å². The number of rotatable bonds is 2. The minimum Gasteiger partial charge on any atom is -0.451 e. The highest BCUT2D eigenvalue weighted by atomic mass is 35.5. The van der Waals surface area contributed by atoms with Gasteiger partial charge in [0.1, 0.15) is 0 Å². The SMILES string of the molecule is CC(=O)O[C@]1(C(C)=O)CCC2C3C=C(Cl)C4=C[C@@H](O)CC[C@]4(C)C3CC[C@@]21C. The fraction of sp³-hybridized carbons (Fsp3) is 0.739. The average molecular weight is 407 g/mol. The van der Waals surface area contributed by atoms with Gasteiger partial charge in [-0.25, -0.2) is 0 Å². The summed E-state index contributed by atoms with van der Waals surface area (Å²) in [7, 11) is 0. The van der Waals surface area contributed by atoms with Crippen LogP contribution in [0.3, 0.4) is 0 Å². The van der Waals surface area contributed by atoms with Crippen LogP contribution in [0.4, 0.5) is 0 Å². The van der Waals surface area contributed by atoms with E-state index in [4.69, 9.17) is 16.3 Å². The molecule has 4 rings (SSSR count). The van der Waals surface area contributed by atoms with Gasteiger partial charge in [0, 0.05) is 17.4 Å². The maximum Gasteiger partial charge on any atom is 0.303 e. The molecule has 0 aromatic rings. The molecule has 3 unspecified atom stereocenters. The number of halogens is 1. The van der Waals surface area contributed by atoms with E-state index in [0.29, 0.717) is 12.3 Å². The first-order valence-corrected chi connectivity index (χ1v) is 10.9. The number of carbonyl (C=O) groups is 2. The number of Topliss-reactive ketones (excluding diaryl/α,β-unsaturated/α-hetero) is 1. The lowest BCUT2D eigenvalue weighted by molar-refractivity contribution is -0.185. The number of hydrogen-bond acceptors (Lipinski definition) is 4. The second-order valence-electron chi connectivity index (χ2n) is 9.88. The number of esters is 1. The fourth-order valence-electron chi connectivity index (χ4n) is 7.28. The molecule has 0 heterocycles. The molecule has 0 aromatic carbocycles. The van der Waals surface area contributed by atoms with Crippen LogP contribution in [0.2, 0.25) is 0 Å². The van der Waals surface area contributed by atoms with E-state index >= 15 is 0 Å². The van der Waals surface area contributed by atoms with Crippen molar-refractivity contribution in [1.82, 2.24) is 0 Å². The molecule has 154 valence electrons. The van der Waals surface area contributed by atoms with Crippen molar-refractivity contribution in [3.63, 3.8) is 0 Å². The van der Waals surface area contributed by atoms with Crippen molar-refractivity contribution in [3.05, 3.63) is 22.8 Å². The van der Waals surface area contributed by atoms with Crippen LogP contribution >= 0.6 is 11.6 Å². The van der Waals surface area contributed by atoms with Gasteiger partial charge in [-0.05, 0) is 74.2 Å². The molecule has 4 aliphatic rings. The van der Waals surface area contributed by atoms with Crippen molar-refractivity contribution in [2.24, 2.45) is 28.6 Å². The van der Waals surface area contributed by atoms with Gasteiger partial charge in [0.25, 0.3) is 0 Å². The highest BCUT2D eigenvalue weighted by Gasteiger charge is 2.67. The van der Waals surface area contributed by atoms with E-state index in [0.717, 1.165) is 42.7 Å². The molecule has 0 spiro atoms. The van der Waals surface area contributed by atoms with Gasteiger partial charge in [0.2, 0.25) is 0 Å². The first-order valence-electron chi connectivity index (χ1n) is 10.5. The van der Waals surface area contributed by atoms with Crippen molar-refractivity contribution in [2.45, 2.75) is 77.9 Å². The largest absolute Gasteiger partial charge is 0.451 e. The highest BCUT2D eigenvalue weighted by molar-refractivity contribution is 6.32. The Morgan fingerprint density at radius 2 is 1.75 bits per heavy atom. The molecule has 2 saturated carbocycles. The number of fused-ring (bicyclic) bond motifs is 5. The smallest absolute Gasteiger partial charge is 0.303 e. The number of aliphatic hydroxyl groups excluding tert-OH is 1. The minimum absolute atomic E-state index is 0.0374. The maximum absolute atomic E-state index is 12.8. The molecular formula is C23H31ClO4. The number of carbonyl (C=O) groups excluding carboxylic acids is 2. The molecule has 4 aliphatic carbocycles. The zero-order valence-electron chi connectivity index (χ0n) is 17.3. The Labute approximate surface area is 172 Å². The van der Waals surface area contributed by atoms with Crippen molar-refractivity contribution < 1.29 is 19.4 Å². The van der Waals surface area contributed by atoms with Gasteiger partial charge in [-0.3, -0.25) is 9.59 Å².